The van der Waals surface area contributed by atoms with Gasteiger partial charge in [-0.2, -0.15) is 17.7 Å². The molecule has 114 valence electrons. The fourth-order valence-corrected chi connectivity index (χ4v) is 3.09. The van der Waals surface area contributed by atoms with Crippen molar-refractivity contribution >= 4 is 23.7 Å². The van der Waals surface area contributed by atoms with E-state index in [1.165, 1.54) is 0 Å². The highest BCUT2D eigenvalue weighted by molar-refractivity contribution is 7.81. The van der Waals surface area contributed by atoms with Gasteiger partial charge >= 0.3 is 5.69 Å². The van der Waals surface area contributed by atoms with Crippen molar-refractivity contribution in [3.63, 3.8) is 0 Å². The third-order valence-corrected chi connectivity index (χ3v) is 4.34. The highest BCUT2D eigenvalue weighted by Crippen LogP contribution is 2.33. The number of rotatable bonds is 2. The van der Waals surface area contributed by atoms with E-state index in [1.807, 2.05) is 0 Å². The first kappa shape index (κ1) is 14.3. The number of hydrogen-bond acceptors (Lipinski definition) is 7. The number of nitrogens with zero attached hydrogens (tertiary/aromatic N) is 1. The van der Waals surface area contributed by atoms with Crippen LogP contribution in [-0.4, -0.2) is 53.9 Å². The molecule has 21 heavy (non-hydrogen) atoms. The first-order valence-corrected chi connectivity index (χ1v) is 6.92. The van der Waals surface area contributed by atoms with Crippen LogP contribution >= 0.6 is 12.6 Å². The minimum atomic E-state index is -0.884. The lowest BCUT2D eigenvalue weighted by molar-refractivity contribution is 0.0755. The molecule has 10 heteroatoms. The van der Waals surface area contributed by atoms with E-state index in [1.54, 1.807) is 6.92 Å². The average molecular weight is 313 g/mol. The lowest BCUT2D eigenvalue weighted by Crippen LogP contribution is -2.41. The number of H-pyrrole nitrogens is 3. The molecule has 3 rings (SSSR count). The molecule has 1 aliphatic rings. The van der Waals surface area contributed by atoms with Crippen molar-refractivity contribution in [2.45, 2.75) is 36.5 Å². The number of aliphatic hydroxyl groups is 2. The van der Waals surface area contributed by atoms with Crippen LogP contribution in [0.4, 0.5) is 0 Å². The Hall–Kier alpha value is -1.62. The third-order valence-electron chi connectivity index (χ3n) is 3.74. The molecule has 0 amide bonds. The molecule has 0 bridgehead atoms. The number of hydrogen-bond donors (Lipinski definition) is 7. The molecule has 9 nitrogen and oxygen atoms in total. The molecule has 0 aliphatic carbocycles. The van der Waals surface area contributed by atoms with Gasteiger partial charge in [0.25, 0.3) is 5.56 Å². The molecule has 1 saturated heterocycles. The molecule has 1 fully saturated rings. The zero-order valence-electron chi connectivity index (χ0n) is 11.0. The molecule has 2 aromatic rings. The summed E-state index contributed by atoms with van der Waals surface area (Å²) in [6, 6.07) is -1.06. The fourth-order valence-electron chi connectivity index (χ4n) is 2.67. The Morgan fingerprint density at radius 2 is 2.05 bits per heavy atom. The minimum Gasteiger partial charge on any atom is -0.392 e. The van der Waals surface area contributed by atoms with E-state index in [0.29, 0.717) is 5.69 Å². The van der Waals surface area contributed by atoms with Crippen LogP contribution in [0.1, 0.15) is 18.7 Å². The SMILES string of the molecule is CC(O)[C@H]1N[C@@H](c2[nH]nc3c(=O)[nH]c(=O)[nH]c23)[C@H](S)[C@@H]1O. The maximum Gasteiger partial charge on any atom is 0.326 e. The quantitative estimate of drug-likeness (QED) is 0.319. The smallest absolute Gasteiger partial charge is 0.326 e. The predicted molar refractivity (Wildman–Crippen MR) is 77.5 cm³/mol. The van der Waals surface area contributed by atoms with E-state index < -0.39 is 40.8 Å². The Morgan fingerprint density at radius 3 is 2.67 bits per heavy atom. The van der Waals surface area contributed by atoms with Gasteiger partial charge in [0.1, 0.15) is 0 Å². The number of aliphatic hydroxyl groups excluding tert-OH is 2. The van der Waals surface area contributed by atoms with E-state index in [-0.39, 0.29) is 11.0 Å². The van der Waals surface area contributed by atoms with Crippen molar-refractivity contribution in [2.24, 2.45) is 0 Å². The number of fused-ring (bicyclic) bond motifs is 1. The Kier molecular flexibility index (Phi) is 3.40. The summed E-state index contributed by atoms with van der Waals surface area (Å²) < 4.78 is 0. The Balaban J connectivity index is 2.09. The van der Waals surface area contributed by atoms with Crippen LogP contribution in [0.15, 0.2) is 9.59 Å². The molecule has 3 heterocycles. The second-order valence-corrected chi connectivity index (χ2v) is 5.76. The highest BCUT2D eigenvalue weighted by atomic mass is 32.1. The van der Waals surface area contributed by atoms with E-state index >= 15 is 0 Å². The first-order valence-electron chi connectivity index (χ1n) is 6.41. The monoisotopic (exact) mass is 313 g/mol. The second-order valence-electron chi connectivity index (χ2n) is 5.16. The molecule has 0 spiro atoms. The Morgan fingerprint density at radius 1 is 1.33 bits per heavy atom. The van der Waals surface area contributed by atoms with E-state index in [4.69, 9.17) is 0 Å². The molecule has 5 atom stereocenters. The van der Waals surface area contributed by atoms with Gasteiger partial charge in [-0.05, 0) is 6.92 Å². The molecule has 0 saturated carbocycles. The third kappa shape index (κ3) is 2.20. The van der Waals surface area contributed by atoms with Gasteiger partial charge in [0.05, 0.1) is 40.8 Å². The van der Waals surface area contributed by atoms with E-state index in [0.717, 1.165) is 0 Å². The summed E-state index contributed by atoms with van der Waals surface area (Å²) >= 11 is 4.35. The summed E-state index contributed by atoms with van der Waals surface area (Å²) in [6.07, 6.45) is -1.67. The summed E-state index contributed by atoms with van der Waals surface area (Å²) in [5, 5.41) is 28.8. The predicted octanol–water partition coefficient (Wildman–Crippen LogP) is -2.01. The van der Waals surface area contributed by atoms with Crippen LogP contribution in [0, 0.1) is 0 Å². The second kappa shape index (κ2) is 4.98. The van der Waals surface area contributed by atoms with Gasteiger partial charge in [0.2, 0.25) is 0 Å². The van der Waals surface area contributed by atoms with Gasteiger partial charge in [-0.3, -0.25) is 20.2 Å². The van der Waals surface area contributed by atoms with Gasteiger partial charge in [-0.25, -0.2) is 4.79 Å². The molecule has 2 aromatic heterocycles. The van der Waals surface area contributed by atoms with Gasteiger partial charge < -0.3 is 15.2 Å². The molecular formula is C11H15N5O4S. The summed E-state index contributed by atoms with van der Waals surface area (Å²) in [6.45, 7) is 1.56. The van der Waals surface area contributed by atoms with E-state index in [9.17, 15) is 19.8 Å². The number of aromatic amines is 3. The lowest BCUT2D eigenvalue weighted by atomic mass is 10.1. The van der Waals surface area contributed by atoms with Gasteiger partial charge in [0.15, 0.2) is 5.52 Å². The Bertz CT molecular complexity index is 781. The molecule has 0 radical (unpaired) electrons. The average Bonchev–Trinajstić information content (AvgIpc) is 2.93. The lowest BCUT2D eigenvalue weighted by Gasteiger charge is -2.18. The van der Waals surface area contributed by atoms with Crippen LogP contribution in [0.5, 0.6) is 0 Å². The van der Waals surface area contributed by atoms with Crippen LogP contribution in [0.2, 0.25) is 0 Å². The van der Waals surface area contributed by atoms with Crippen LogP contribution in [0.3, 0.4) is 0 Å². The number of thiol groups is 1. The van der Waals surface area contributed by atoms with Crippen molar-refractivity contribution in [3.05, 3.63) is 26.5 Å². The Labute approximate surface area is 123 Å². The molecule has 0 aromatic carbocycles. The van der Waals surface area contributed by atoms with Gasteiger partial charge in [-0.1, -0.05) is 0 Å². The van der Waals surface area contributed by atoms with Crippen molar-refractivity contribution in [1.29, 1.82) is 0 Å². The van der Waals surface area contributed by atoms with Crippen molar-refractivity contribution < 1.29 is 10.2 Å². The first-order chi connectivity index (χ1) is 9.90. The molecule has 1 unspecified atom stereocenters. The van der Waals surface area contributed by atoms with E-state index in [2.05, 4.69) is 38.1 Å². The van der Waals surface area contributed by atoms with Crippen molar-refractivity contribution in [1.82, 2.24) is 25.5 Å². The topological polar surface area (TPSA) is 147 Å². The number of nitrogens with one attached hydrogen (secondary N) is 4. The zero-order valence-corrected chi connectivity index (χ0v) is 11.9. The highest BCUT2D eigenvalue weighted by Gasteiger charge is 2.44. The minimum absolute atomic E-state index is 0.0712. The zero-order chi connectivity index (χ0) is 15.3. The van der Waals surface area contributed by atoms with Crippen LogP contribution in [0.25, 0.3) is 11.0 Å². The fraction of sp³-hybridized carbons (Fsp3) is 0.545. The molecule has 1 aliphatic heterocycles. The van der Waals surface area contributed by atoms with Crippen LogP contribution < -0.4 is 16.6 Å². The van der Waals surface area contributed by atoms with Gasteiger partial charge in [0, 0.05) is 0 Å². The van der Waals surface area contributed by atoms with Crippen molar-refractivity contribution in [2.75, 3.05) is 0 Å². The summed E-state index contributed by atoms with van der Waals surface area (Å²) in [7, 11) is 0. The molecule has 6 N–H and O–H groups in total. The number of aromatic nitrogens is 4. The summed E-state index contributed by atoms with van der Waals surface area (Å²) in [4.78, 5) is 27.7. The standard InChI is InChI=1S/C11H15N5O4S/c1-2(17)3-8(18)9(21)6(12-3)5-4-7(16-15-5)10(19)14-11(20)13-4/h2-3,6,8-9,12,17-18,21H,1H3,(H,15,16)(H2,13,14,19,20)/t2?,3-,6+,8-,9+/m1/s1. The maximum absolute atomic E-state index is 11.7. The summed E-state index contributed by atoms with van der Waals surface area (Å²) in [5.74, 6) is 0. The normalized spacial score (nSPS) is 30.9. The maximum atomic E-state index is 11.7. The van der Waals surface area contributed by atoms with Crippen molar-refractivity contribution in [3.8, 4) is 0 Å². The largest absolute Gasteiger partial charge is 0.392 e. The summed E-state index contributed by atoms with van der Waals surface area (Å²) in [5.41, 5.74) is -0.467. The molecular weight excluding hydrogens is 298 g/mol. The van der Waals surface area contributed by atoms with Crippen LogP contribution in [-0.2, 0) is 0 Å². The van der Waals surface area contributed by atoms with Gasteiger partial charge in [-0.15, -0.1) is 0 Å².